The van der Waals surface area contributed by atoms with E-state index in [4.69, 9.17) is 0 Å². The van der Waals surface area contributed by atoms with Crippen molar-refractivity contribution >= 4 is 10.1 Å². The van der Waals surface area contributed by atoms with Crippen LogP contribution >= 0.6 is 0 Å². The summed E-state index contributed by atoms with van der Waals surface area (Å²) >= 11 is -1.02. The van der Waals surface area contributed by atoms with Crippen molar-refractivity contribution in [3.8, 4) is 5.75 Å². The fourth-order valence-corrected chi connectivity index (χ4v) is 4.32. The summed E-state index contributed by atoms with van der Waals surface area (Å²) in [5.41, 5.74) is -5.49. The molecule has 0 aromatic heterocycles. The van der Waals surface area contributed by atoms with Crippen LogP contribution in [0.5, 0.6) is 5.75 Å². The molecular formula is C13H8F4IO3S+. The first kappa shape index (κ1) is 17.0. The van der Waals surface area contributed by atoms with Gasteiger partial charge in [0.05, 0.1) is 0 Å². The minimum absolute atomic E-state index is 0.348. The molecule has 0 aliphatic rings. The van der Waals surface area contributed by atoms with E-state index >= 15 is 0 Å². The normalized spacial score (nSPS) is 12.2. The van der Waals surface area contributed by atoms with Crippen LogP contribution in [0.15, 0.2) is 48.5 Å². The highest BCUT2D eigenvalue weighted by Gasteiger charge is 2.49. The van der Waals surface area contributed by atoms with E-state index in [1.807, 2.05) is 0 Å². The van der Waals surface area contributed by atoms with Crippen LogP contribution in [0.25, 0.3) is 0 Å². The third-order valence-electron chi connectivity index (χ3n) is 2.33. The van der Waals surface area contributed by atoms with Crippen LogP contribution in [-0.2, 0) is 10.1 Å². The van der Waals surface area contributed by atoms with Gasteiger partial charge in [-0.1, -0.05) is 12.1 Å². The first-order chi connectivity index (χ1) is 10.2. The summed E-state index contributed by atoms with van der Waals surface area (Å²) in [7, 11) is -5.71. The van der Waals surface area contributed by atoms with Crippen molar-refractivity contribution < 1.29 is 51.4 Å². The van der Waals surface area contributed by atoms with E-state index in [1.54, 1.807) is 6.07 Å². The minimum atomic E-state index is -5.71. The Morgan fingerprint density at radius 2 is 1.55 bits per heavy atom. The molecule has 0 heterocycles. The van der Waals surface area contributed by atoms with Gasteiger partial charge >= 0.3 is 36.8 Å². The molecule has 0 atom stereocenters. The smallest absolute Gasteiger partial charge is 0.371 e. The molecule has 2 aromatic rings. The molecule has 2 rings (SSSR count). The van der Waals surface area contributed by atoms with Gasteiger partial charge in [-0.3, -0.25) is 0 Å². The van der Waals surface area contributed by atoms with Gasteiger partial charge in [-0.05, 0) is 36.4 Å². The second-order valence-electron chi connectivity index (χ2n) is 3.94. The molecule has 0 aliphatic heterocycles. The number of rotatable bonds is 4. The second kappa shape index (κ2) is 6.41. The number of para-hydroxylation sites is 1. The van der Waals surface area contributed by atoms with Crippen molar-refractivity contribution in [1.29, 1.82) is 0 Å². The molecule has 22 heavy (non-hydrogen) atoms. The van der Waals surface area contributed by atoms with E-state index in [9.17, 15) is 26.0 Å². The van der Waals surface area contributed by atoms with Crippen LogP contribution < -0.4 is 25.4 Å². The number of benzene rings is 2. The summed E-state index contributed by atoms with van der Waals surface area (Å²) in [4.78, 5) is 0. The molecule has 2 aromatic carbocycles. The van der Waals surface area contributed by atoms with Crippen LogP contribution in [0.4, 0.5) is 17.6 Å². The van der Waals surface area contributed by atoms with Crippen LogP contribution in [0.3, 0.4) is 0 Å². The lowest BCUT2D eigenvalue weighted by Crippen LogP contribution is -3.61. The number of halogens is 5. The molecule has 9 heteroatoms. The quantitative estimate of drug-likeness (QED) is 0.291. The average Bonchev–Trinajstić information content (AvgIpc) is 2.42. The largest absolute Gasteiger partial charge is 0.534 e. The van der Waals surface area contributed by atoms with Gasteiger partial charge in [0.15, 0.2) is 9.32 Å². The van der Waals surface area contributed by atoms with E-state index in [2.05, 4.69) is 4.18 Å². The number of alkyl halides is 3. The van der Waals surface area contributed by atoms with Gasteiger partial charge in [0, 0.05) is 0 Å². The highest BCUT2D eigenvalue weighted by Crippen LogP contribution is 2.26. The van der Waals surface area contributed by atoms with E-state index < -0.39 is 42.6 Å². The lowest BCUT2D eigenvalue weighted by atomic mass is 10.3. The minimum Gasteiger partial charge on any atom is -0.371 e. The summed E-state index contributed by atoms with van der Waals surface area (Å²) in [6.45, 7) is 0. The summed E-state index contributed by atoms with van der Waals surface area (Å²) < 4.78 is 77.4. The molecule has 0 fully saturated rings. The van der Waals surface area contributed by atoms with Crippen LogP contribution in [-0.4, -0.2) is 13.9 Å². The number of hydrogen-bond acceptors (Lipinski definition) is 3. The predicted molar refractivity (Wildman–Crippen MR) is 65.8 cm³/mol. The van der Waals surface area contributed by atoms with E-state index in [-0.39, 0.29) is 5.75 Å². The molecular weight excluding hydrogens is 439 g/mol. The van der Waals surface area contributed by atoms with Gasteiger partial charge in [-0.15, -0.1) is 0 Å². The van der Waals surface area contributed by atoms with E-state index in [0.29, 0.717) is 7.14 Å². The van der Waals surface area contributed by atoms with Crippen molar-refractivity contribution in [2.75, 3.05) is 0 Å². The Bertz CT molecular complexity index is 758. The lowest BCUT2D eigenvalue weighted by Gasteiger charge is -2.08. The summed E-state index contributed by atoms with van der Waals surface area (Å²) in [5, 5.41) is 0. The highest BCUT2D eigenvalue weighted by atomic mass is 127. The molecule has 0 saturated carbocycles. The second-order valence-corrected chi connectivity index (χ2v) is 8.43. The molecule has 0 spiro atoms. The van der Waals surface area contributed by atoms with Crippen LogP contribution in [0.2, 0.25) is 0 Å². The van der Waals surface area contributed by atoms with Crippen molar-refractivity contribution in [2.24, 2.45) is 0 Å². The predicted octanol–water partition coefficient (Wildman–Crippen LogP) is 0.183. The molecule has 3 nitrogen and oxygen atoms in total. The molecule has 0 amide bonds. The van der Waals surface area contributed by atoms with Gasteiger partial charge in [0.25, 0.3) is 0 Å². The first-order valence-electron chi connectivity index (χ1n) is 5.69. The Balaban J connectivity index is 2.29. The molecule has 0 N–H and O–H groups in total. The van der Waals surface area contributed by atoms with E-state index in [1.165, 1.54) is 36.4 Å². The van der Waals surface area contributed by atoms with Crippen LogP contribution in [0, 0.1) is 13.0 Å². The maximum atomic E-state index is 12.8. The fourth-order valence-electron chi connectivity index (χ4n) is 1.37. The van der Waals surface area contributed by atoms with Crippen molar-refractivity contribution in [3.63, 3.8) is 0 Å². The first-order valence-corrected chi connectivity index (χ1v) is 9.26. The van der Waals surface area contributed by atoms with Gasteiger partial charge in [0.1, 0.15) is 5.82 Å². The van der Waals surface area contributed by atoms with Crippen molar-refractivity contribution in [1.82, 2.24) is 0 Å². The Labute approximate surface area is 134 Å². The Hall–Kier alpha value is -1.36. The van der Waals surface area contributed by atoms with Gasteiger partial charge in [0.2, 0.25) is 3.57 Å². The highest BCUT2D eigenvalue weighted by molar-refractivity contribution is 7.87. The van der Waals surface area contributed by atoms with Gasteiger partial charge in [-0.25, -0.2) is 4.39 Å². The molecule has 0 aliphatic carbocycles. The van der Waals surface area contributed by atoms with E-state index in [0.717, 1.165) is 6.07 Å². The Morgan fingerprint density at radius 3 is 2.14 bits per heavy atom. The molecule has 0 radical (unpaired) electrons. The van der Waals surface area contributed by atoms with Gasteiger partial charge < -0.3 is 4.18 Å². The molecule has 0 unspecified atom stereocenters. The zero-order valence-corrected chi connectivity index (χ0v) is 13.6. The molecule has 0 saturated heterocycles. The van der Waals surface area contributed by atoms with Gasteiger partial charge in [-0.2, -0.15) is 21.6 Å². The third-order valence-corrected chi connectivity index (χ3v) is 6.11. The third kappa shape index (κ3) is 4.09. The maximum absolute atomic E-state index is 12.8. The monoisotopic (exact) mass is 447 g/mol. The fraction of sp³-hybridized carbons (Fsp3) is 0.0769. The standard InChI is InChI=1S/C13H8F4IO3S/c14-9-5-7-10(8-6-9)18-11-3-1-2-4-12(11)21-22(19,20)13(15,16)17/h1-8H/q+1. The van der Waals surface area contributed by atoms with Crippen LogP contribution in [0.1, 0.15) is 0 Å². The molecule has 118 valence electrons. The maximum Gasteiger partial charge on any atom is 0.534 e. The SMILES string of the molecule is O=S(=O)(Oc1ccccc1[I+]c1ccc(F)cc1)C(F)(F)F. The average molecular weight is 447 g/mol. The summed E-state index contributed by atoms with van der Waals surface area (Å²) in [5.74, 6) is -0.797. The van der Waals surface area contributed by atoms with Crippen molar-refractivity contribution in [2.45, 2.75) is 5.51 Å². The zero-order valence-electron chi connectivity index (χ0n) is 10.6. The summed E-state index contributed by atoms with van der Waals surface area (Å²) in [6.07, 6.45) is 0. The Morgan fingerprint density at radius 1 is 0.955 bits per heavy atom. The van der Waals surface area contributed by atoms with Crippen molar-refractivity contribution in [3.05, 3.63) is 61.5 Å². The number of hydrogen-bond donors (Lipinski definition) is 0. The topological polar surface area (TPSA) is 43.4 Å². The zero-order chi connectivity index (χ0) is 16.4. The molecule has 0 bridgehead atoms. The Kier molecular flexibility index (Phi) is 4.95. The lowest BCUT2D eigenvalue weighted by molar-refractivity contribution is -0.598. The summed E-state index contributed by atoms with van der Waals surface area (Å²) in [6, 6.07) is 11.0.